The van der Waals surface area contributed by atoms with Gasteiger partial charge in [-0.25, -0.2) is 0 Å². The normalized spacial score (nSPS) is 36.2. The van der Waals surface area contributed by atoms with E-state index in [1.165, 1.54) is 19.3 Å². The van der Waals surface area contributed by atoms with E-state index in [0.29, 0.717) is 5.54 Å². The van der Waals surface area contributed by atoms with Crippen LogP contribution in [-0.2, 0) is 0 Å². The molecule has 0 heterocycles. The molecule has 0 amide bonds. The highest BCUT2D eigenvalue weighted by Gasteiger charge is 2.41. The van der Waals surface area contributed by atoms with Crippen molar-refractivity contribution in [3.05, 3.63) is 0 Å². The average Bonchev–Trinajstić information content (AvgIpc) is 2.46. The Labute approximate surface area is 76.1 Å². The second-order valence-corrected chi connectivity index (χ2v) is 4.12. The van der Waals surface area contributed by atoms with Gasteiger partial charge in [-0.3, -0.25) is 4.90 Å². The monoisotopic (exact) mass is 170 g/mol. The first-order chi connectivity index (χ1) is 5.67. The summed E-state index contributed by atoms with van der Waals surface area (Å²) in [6.07, 6.45) is 3.99. The SMILES string of the molecule is CCN(C)C1(CN)CCCC1C. The van der Waals surface area contributed by atoms with Gasteiger partial charge < -0.3 is 5.73 Å². The summed E-state index contributed by atoms with van der Waals surface area (Å²) in [6.45, 7) is 6.48. The van der Waals surface area contributed by atoms with Crippen LogP contribution >= 0.6 is 0 Å². The van der Waals surface area contributed by atoms with Crippen molar-refractivity contribution >= 4 is 0 Å². The van der Waals surface area contributed by atoms with E-state index in [2.05, 4.69) is 25.8 Å². The van der Waals surface area contributed by atoms with Gasteiger partial charge in [-0.2, -0.15) is 0 Å². The fourth-order valence-electron chi connectivity index (χ4n) is 2.57. The quantitative estimate of drug-likeness (QED) is 0.694. The van der Waals surface area contributed by atoms with Crippen LogP contribution in [-0.4, -0.2) is 30.6 Å². The van der Waals surface area contributed by atoms with Crippen LogP contribution in [0.1, 0.15) is 33.1 Å². The van der Waals surface area contributed by atoms with Crippen LogP contribution in [0, 0.1) is 5.92 Å². The molecule has 0 aromatic rings. The molecule has 2 N–H and O–H groups in total. The molecule has 0 aromatic carbocycles. The smallest absolute Gasteiger partial charge is 0.0354 e. The van der Waals surface area contributed by atoms with E-state index in [-0.39, 0.29) is 0 Å². The number of rotatable bonds is 3. The molecule has 1 rings (SSSR count). The molecule has 0 spiro atoms. The fourth-order valence-corrected chi connectivity index (χ4v) is 2.57. The number of likely N-dealkylation sites (N-methyl/N-ethyl adjacent to an activating group) is 1. The van der Waals surface area contributed by atoms with Crippen molar-refractivity contribution in [3.63, 3.8) is 0 Å². The van der Waals surface area contributed by atoms with Crippen molar-refractivity contribution in [3.8, 4) is 0 Å². The lowest BCUT2D eigenvalue weighted by Crippen LogP contribution is -2.53. The minimum atomic E-state index is 0.314. The van der Waals surface area contributed by atoms with Crippen LogP contribution < -0.4 is 5.73 Å². The standard InChI is InChI=1S/C10H22N2/c1-4-12(3)10(8-11)7-5-6-9(10)2/h9H,4-8,11H2,1-3H3. The van der Waals surface area contributed by atoms with Gasteiger partial charge in [-0.1, -0.05) is 20.3 Å². The molecule has 0 aliphatic heterocycles. The van der Waals surface area contributed by atoms with Gasteiger partial charge in [0.25, 0.3) is 0 Å². The molecule has 12 heavy (non-hydrogen) atoms. The molecular formula is C10H22N2. The fraction of sp³-hybridized carbons (Fsp3) is 1.00. The Morgan fingerprint density at radius 3 is 2.58 bits per heavy atom. The van der Waals surface area contributed by atoms with Crippen molar-refractivity contribution in [2.24, 2.45) is 11.7 Å². The van der Waals surface area contributed by atoms with E-state index in [1.807, 2.05) is 0 Å². The van der Waals surface area contributed by atoms with Crippen molar-refractivity contribution in [2.45, 2.75) is 38.6 Å². The highest BCUT2D eigenvalue weighted by atomic mass is 15.2. The van der Waals surface area contributed by atoms with Crippen molar-refractivity contribution in [1.82, 2.24) is 4.90 Å². The largest absolute Gasteiger partial charge is 0.329 e. The number of hydrogen-bond donors (Lipinski definition) is 1. The van der Waals surface area contributed by atoms with Crippen LogP contribution in [0.2, 0.25) is 0 Å². The highest BCUT2D eigenvalue weighted by Crippen LogP contribution is 2.38. The first-order valence-electron chi connectivity index (χ1n) is 5.08. The molecule has 72 valence electrons. The van der Waals surface area contributed by atoms with Gasteiger partial charge in [0, 0.05) is 12.1 Å². The molecule has 0 radical (unpaired) electrons. The molecule has 2 atom stereocenters. The summed E-state index contributed by atoms with van der Waals surface area (Å²) < 4.78 is 0. The summed E-state index contributed by atoms with van der Waals surface area (Å²) in [5, 5.41) is 0. The van der Waals surface area contributed by atoms with Crippen LogP contribution in [0.4, 0.5) is 0 Å². The Bertz CT molecular complexity index is 147. The van der Waals surface area contributed by atoms with E-state index in [0.717, 1.165) is 19.0 Å². The summed E-state index contributed by atoms with van der Waals surface area (Å²) in [5.41, 5.74) is 6.21. The zero-order chi connectivity index (χ0) is 9.19. The molecule has 0 aromatic heterocycles. The number of hydrogen-bond acceptors (Lipinski definition) is 2. The van der Waals surface area contributed by atoms with Gasteiger partial charge in [0.15, 0.2) is 0 Å². The molecule has 2 nitrogen and oxygen atoms in total. The zero-order valence-electron chi connectivity index (χ0n) is 8.64. The number of nitrogens with zero attached hydrogens (tertiary/aromatic N) is 1. The highest BCUT2D eigenvalue weighted by molar-refractivity contribution is 4.98. The lowest BCUT2D eigenvalue weighted by molar-refractivity contribution is 0.0974. The van der Waals surface area contributed by atoms with Gasteiger partial charge in [0.05, 0.1) is 0 Å². The maximum atomic E-state index is 5.89. The summed E-state index contributed by atoms with van der Waals surface area (Å²) in [7, 11) is 2.20. The summed E-state index contributed by atoms with van der Waals surface area (Å²) in [4.78, 5) is 2.44. The van der Waals surface area contributed by atoms with E-state index < -0.39 is 0 Å². The molecular weight excluding hydrogens is 148 g/mol. The Morgan fingerprint density at radius 1 is 1.58 bits per heavy atom. The molecule has 1 aliphatic carbocycles. The topological polar surface area (TPSA) is 29.3 Å². The molecule has 2 heteroatoms. The van der Waals surface area contributed by atoms with Crippen LogP contribution in [0.15, 0.2) is 0 Å². The number of nitrogens with two attached hydrogens (primary N) is 1. The summed E-state index contributed by atoms with van der Waals surface area (Å²) in [5.74, 6) is 0.771. The molecule has 0 saturated heterocycles. The van der Waals surface area contributed by atoms with Crippen molar-refractivity contribution in [1.29, 1.82) is 0 Å². The second kappa shape index (κ2) is 3.75. The van der Waals surface area contributed by atoms with Gasteiger partial charge in [0.2, 0.25) is 0 Å². The minimum absolute atomic E-state index is 0.314. The first kappa shape index (κ1) is 10.0. The summed E-state index contributed by atoms with van der Waals surface area (Å²) >= 11 is 0. The van der Waals surface area contributed by atoms with Gasteiger partial charge in [-0.15, -0.1) is 0 Å². The Balaban J connectivity index is 2.73. The lowest BCUT2D eigenvalue weighted by atomic mass is 9.87. The van der Waals surface area contributed by atoms with Crippen LogP contribution in [0.3, 0.4) is 0 Å². The second-order valence-electron chi connectivity index (χ2n) is 4.12. The van der Waals surface area contributed by atoms with Gasteiger partial charge in [0.1, 0.15) is 0 Å². The van der Waals surface area contributed by atoms with Gasteiger partial charge in [-0.05, 0) is 32.4 Å². The Kier molecular flexibility index (Phi) is 3.13. The van der Waals surface area contributed by atoms with Crippen LogP contribution in [0.25, 0.3) is 0 Å². The predicted molar refractivity (Wildman–Crippen MR) is 53.1 cm³/mol. The van der Waals surface area contributed by atoms with E-state index in [1.54, 1.807) is 0 Å². The van der Waals surface area contributed by atoms with Crippen molar-refractivity contribution < 1.29 is 0 Å². The third-order valence-corrected chi connectivity index (χ3v) is 3.75. The average molecular weight is 170 g/mol. The van der Waals surface area contributed by atoms with Gasteiger partial charge >= 0.3 is 0 Å². The maximum absolute atomic E-state index is 5.89. The lowest BCUT2D eigenvalue weighted by Gasteiger charge is -2.41. The third-order valence-electron chi connectivity index (χ3n) is 3.75. The summed E-state index contributed by atoms with van der Waals surface area (Å²) in [6, 6.07) is 0. The van der Waals surface area contributed by atoms with E-state index in [4.69, 9.17) is 5.73 Å². The first-order valence-corrected chi connectivity index (χ1v) is 5.08. The molecule has 0 bridgehead atoms. The molecule has 2 unspecified atom stereocenters. The van der Waals surface area contributed by atoms with Crippen molar-refractivity contribution in [2.75, 3.05) is 20.1 Å². The van der Waals surface area contributed by atoms with E-state index in [9.17, 15) is 0 Å². The molecule has 1 fully saturated rings. The van der Waals surface area contributed by atoms with Crippen LogP contribution in [0.5, 0.6) is 0 Å². The zero-order valence-corrected chi connectivity index (χ0v) is 8.64. The van der Waals surface area contributed by atoms with E-state index >= 15 is 0 Å². The maximum Gasteiger partial charge on any atom is 0.0354 e. The molecule has 1 aliphatic rings. The minimum Gasteiger partial charge on any atom is -0.329 e. The predicted octanol–water partition coefficient (Wildman–Crippen LogP) is 1.46. The Hall–Kier alpha value is -0.0800. The third kappa shape index (κ3) is 1.38. The molecule has 1 saturated carbocycles. The Morgan fingerprint density at radius 2 is 2.25 bits per heavy atom.